The average Bonchev–Trinajstić information content (AvgIpc) is 2.47. The van der Waals surface area contributed by atoms with Crippen LogP contribution in [-0.4, -0.2) is 31.2 Å². The van der Waals surface area contributed by atoms with Gasteiger partial charge in [-0.3, -0.25) is 0 Å². The zero-order chi connectivity index (χ0) is 13.8. The molecule has 2 aromatic rings. The second-order valence-electron chi connectivity index (χ2n) is 3.88. The Kier molecular flexibility index (Phi) is 3.70. The van der Waals surface area contributed by atoms with Gasteiger partial charge in [0.1, 0.15) is 17.8 Å². The zero-order valence-corrected chi connectivity index (χ0v) is 11.1. The molecule has 100 valence electrons. The summed E-state index contributed by atoms with van der Waals surface area (Å²) in [6.45, 7) is 0. The Morgan fingerprint density at radius 3 is 2.32 bits per heavy atom. The SMILES string of the molecule is COc1ccc(N(C)c2ncnc(OC)c2N)cc1. The number of nitrogens with two attached hydrogens (primary N) is 1. The summed E-state index contributed by atoms with van der Waals surface area (Å²) in [5.41, 5.74) is 7.32. The monoisotopic (exact) mass is 260 g/mol. The van der Waals surface area contributed by atoms with E-state index < -0.39 is 0 Å². The van der Waals surface area contributed by atoms with Crippen LogP contribution in [0, 0.1) is 0 Å². The number of anilines is 3. The summed E-state index contributed by atoms with van der Waals surface area (Å²) in [6, 6.07) is 7.60. The van der Waals surface area contributed by atoms with E-state index in [1.165, 1.54) is 13.4 Å². The standard InChI is InChI=1S/C13H16N4O2/c1-17(9-4-6-10(18-2)7-5-9)12-11(14)13(19-3)16-8-15-12/h4-8H,14H2,1-3H3. The molecule has 0 fully saturated rings. The van der Waals surface area contributed by atoms with Crippen LogP contribution in [0.1, 0.15) is 0 Å². The fraction of sp³-hybridized carbons (Fsp3) is 0.231. The molecule has 0 aliphatic carbocycles. The lowest BCUT2D eigenvalue weighted by Crippen LogP contribution is -2.14. The van der Waals surface area contributed by atoms with Gasteiger partial charge in [-0.05, 0) is 24.3 Å². The first-order chi connectivity index (χ1) is 9.17. The van der Waals surface area contributed by atoms with Crippen LogP contribution in [0.2, 0.25) is 0 Å². The van der Waals surface area contributed by atoms with Crippen molar-refractivity contribution in [2.75, 3.05) is 31.9 Å². The zero-order valence-electron chi connectivity index (χ0n) is 11.1. The van der Waals surface area contributed by atoms with Crippen molar-refractivity contribution in [3.63, 3.8) is 0 Å². The molecular weight excluding hydrogens is 244 g/mol. The fourth-order valence-corrected chi connectivity index (χ4v) is 1.73. The largest absolute Gasteiger partial charge is 0.497 e. The van der Waals surface area contributed by atoms with Gasteiger partial charge in [0.25, 0.3) is 0 Å². The second-order valence-corrected chi connectivity index (χ2v) is 3.88. The van der Waals surface area contributed by atoms with Crippen molar-refractivity contribution < 1.29 is 9.47 Å². The van der Waals surface area contributed by atoms with Crippen LogP contribution in [0.3, 0.4) is 0 Å². The fourth-order valence-electron chi connectivity index (χ4n) is 1.73. The molecule has 2 rings (SSSR count). The smallest absolute Gasteiger partial charge is 0.242 e. The first-order valence-electron chi connectivity index (χ1n) is 5.69. The average molecular weight is 260 g/mol. The highest BCUT2D eigenvalue weighted by atomic mass is 16.5. The summed E-state index contributed by atoms with van der Waals surface area (Å²) in [5.74, 6) is 1.76. The van der Waals surface area contributed by atoms with Crippen LogP contribution < -0.4 is 20.1 Å². The number of rotatable bonds is 4. The number of nitrogens with zero attached hydrogens (tertiary/aromatic N) is 3. The van der Waals surface area contributed by atoms with Gasteiger partial charge in [-0.2, -0.15) is 4.98 Å². The molecule has 0 aliphatic rings. The molecule has 6 heteroatoms. The van der Waals surface area contributed by atoms with Crippen LogP contribution in [0.4, 0.5) is 17.2 Å². The molecule has 0 saturated carbocycles. The van der Waals surface area contributed by atoms with E-state index in [-0.39, 0.29) is 0 Å². The van der Waals surface area contributed by atoms with E-state index in [9.17, 15) is 0 Å². The molecular formula is C13H16N4O2. The Morgan fingerprint density at radius 2 is 1.74 bits per heavy atom. The third-order valence-electron chi connectivity index (χ3n) is 2.80. The lowest BCUT2D eigenvalue weighted by molar-refractivity contribution is 0.399. The Bertz CT molecular complexity index is 557. The first kappa shape index (κ1) is 12.9. The number of methoxy groups -OCH3 is 2. The lowest BCUT2D eigenvalue weighted by atomic mass is 10.2. The normalized spacial score (nSPS) is 10.1. The maximum atomic E-state index is 5.97. The first-order valence-corrected chi connectivity index (χ1v) is 5.69. The van der Waals surface area contributed by atoms with Crippen LogP contribution in [-0.2, 0) is 0 Å². The Hall–Kier alpha value is -2.50. The molecule has 0 bridgehead atoms. The molecule has 1 aromatic heterocycles. The predicted octanol–water partition coefficient (Wildman–Crippen LogP) is 1.84. The van der Waals surface area contributed by atoms with Gasteiger partial charge in [-0.1, -0.05) is 0 Å². The highest BCUT2D eigenvalue weighted by Crippen LogP contribution is 2.31. The summed E-state index contributed by atoms with van der Waals surface area (Å²) in [6.07, 6.45) is 1.42. The van der Waals surface area contributed by atoms with Crippen molar-refractivity contribution in [3.05, 3.63) is 30.6 Å². The third-order valence-corrected chi connectivity index (χ3v) is 2.80. The molecule has 0 unspecified atom stereocenters. The van der Waals surface area contributed by atoms with E-state index >= 15 is 0 Å². The molecule has 0 atom stereocenters. The van der Waals surface area contributed by atoms with Gasteiger partial charge >= 0.3 is 0 Å². The highest BCUT2D eigenvalue weighted by Gasteiger charge is 2.13. The number of hydrogen-bond donors (Lipinski definition) is 1. The van der Waals surface area contributed by atoms with E-state index in [0.717, 1.165) is 11.4 Å². The predicted molar refractivity (Wildman–Crippen MR) is 74.1 cm³/mol. The summed E-state index contributed by atoms with van der Waals surface area (Å²) >= 11 is 0. The van der Waals surface area contributed by atoms with E-state index in [1.807, 2.05) is 36.2 Å². The van der Waals surface area contributed by atoms with Gasteiger partial charge in [-0.25, -0.2) is 4.98 Å². The molecule has 0 radical (unpaired) electrons. The molecule has 0 amide bonds. The number of hydrogen-bond acceptors (Lipinski definition) is 6. The van der Waals surface area contributed by atoms with Gasteiger partial charge in [0.15, 0.2) is 5.82 Å². The number of benzene rings is 1. The molecule has 6 nitrogen and oxygen atoms in total. The Morgan fingerprint density at radius 1 is 1.05 bits per heavy atom. The summed E-state index contributed by atoms with van der Waals surface area (Å²) in [4.78, 5) is 10.0. The van der Waals surface area contributed by atoms with E-state index in [0.29, 0.717) is 17.4 Å². The van der Waals surface area contributed by atoms with Crippen molar-refractivity contribution in [3.8, 4) is 11.6 Å². The molecule has 0 spiro atoms. The van der Waals surface area contributed by atoms with Crippen molar-refractivity contribution in [1.29, 1.82) is 0 Å². The molecule has 1 heterocycles. The highest BCUT2D eigenvalue weighted by molar-refractivity contribution is 5.73. The van der Waals surface area contributed by atoms with Crippen molar-refractivity contribution in [2.24, 2.45) is 0 Å². The van der Waals surface area contributed by atoms with E-state index in [2.05, 4.69) is 9.97 Å². The summed E-state index contributed by atoms with van der Waals surface area (Å²) < 4.78 is 10.2. The third kappa shape index (κ3) is 2.52. The van der Waals surface area contributed by atoms with Crippen molar-refractivity contribution in [2.45, 2.75) is 0 Å². The van der Waals surface area contributed by atoms with Crippen LogP contribution in [0.5, 0.6) is 11.6 Å². The molecule has 0 aliphatic heterocycles. The minimum Gasteiger partial charge on any atom is -0.497 e. The van der Waals surface area contributed by atoms with E-state index in [4.69, 9.17) is 15.2 Å². The summed E-state index contributed by atoms with van der Waals surface area (Å²) in [5, 5.41) is 0. The maximum Gasteiger partial charge on any atom is 0.242 e. The second kappa shape index (κ2) is 5.43. The molecule has 19 heavy (non-hydrogen) atoms. The number of nitrogen functional groups attached to an aromatic ring is 1. The van der Waals surface area contributed by atoms with Crippen molar-refractivity contribution in [1.82, 2.24) is 9.97 Å². The minimum atomic E-state index is 0.366. The van der Waals surface area contributed by atoms with Crippen LogP contribution >= 0.6 is 0 Å². The molecule has 1 aromatic carbocycles. The van der Waals surface area contributed by atoms with E-state index in [1.54, 1.807) is 7.11 Å². The Balaban J connectivity index is 2.35. The molecule has 0 saturated heterocycles. The minimum absolute atomic E-state index is 0.366. The van der Waals surface area contributed by atoms with Gasteiger partial charge in [0.2, 0.25) is 5.88 Å². The van der Waals surface area contributed by atoms with Crippen molar-refractivity contribution >= 4 is 17.2 Å². The van der Waals surface area contributed by atoms with Gasteiger partial charge in [0, 0.05) is 12.7 Å². The Labute approximate surface area is 111 Å². The topological polar surface area (TPSA) is 73.5 Å². The lowest BCUT2D eigenvalue weighted by Gasteiger charge is -2.20. The number of aromatic nitrogens is 2. The van der Waals surface area contributed by atoms with Crippen LogP contribution in [0.15, 0.2) is 30.6 Å². The van der Waals surface area contributed by atoms with Crippen LogP contribution in [0.25, 0.3) is 0 Å². The summed E-state index contributed by atoms with van der Waals surface area (Å²) in [7, 11) is 5.03. The number of ether oxygens (including phenoxy) is 2. The maximum absolute atomic E-state index is 5.97. The quantitative estimate of drug-likeness (QED) is 0.904. The van der Waals surface area contributed by atoms with Gasteiger partial charge in [-0.15, -0.1) is 0 Å². The van der Waals surface area contributed by atoms with Gasteiger partial charge in [0.05, 0.1) is 14.2 Å². The molecule has 2 N–H and O–H groups in total. The van der Waals surface area contributed by atoms with Gasteiger partial charge < -0.3 is 20.1 Å².